The van der Waals surface area contributed by atoms with Crippen LogP contribution < -0.4 is 0 Å². The fourth-order valence-electron chi connectivity index (χ4n) is 3.68. The van der Waals surface area contributed by atoms with Crippen LogP contribution in [0.15, 0.2) is 0 Å². The zero-order chi connectivity index (χ0) is 17.7. The molecule has 0 aliphatic carbocycles. The van der Waals surface area contributed by atoms with Gasteiger partial charge in [0.1, 0.15) is 0 Å². The molecule has 0 rings (SSSR count). The van der Waals surface area contributed by atoms with Crippen LogP contribution in [0.3, 0.4) is 0 Å². The highest BCUT2D eigenvalue weighted by Gasteiger charge is 2.40. The first kappa shape index (κ1) is 22.0. The molecule has 0 bridgehead atoms. The molecule has 0 amide bonds. The smallest absolute Gasteiger partial charge is 0.0277 e. The third-order valence-corrected chi connectivity index (χ3v) is 7.32. The lowest BCUT2D eigenvalue weighted by Gasteiger charge is -2.47. The first-order chi connectivity index (χ1) is 9.86. The number of unbranched alkanes of at least 4 members (excludes halogenated alkanes) is 1. The summed E-state index contributed by atoms with van der Waals surface area (Å²) in [4.78, 5) is 0. The minimum atomic E-state index is 0.364. The van der Waals surface area contributed by atoms with E-state index in [1.54, 1.807) is 0 Å². The summed E-state index contributed by atoms with van der Waals surface area (Å²) in [5, 5.41) is 0. The Morgan fingerprint density at radius 2 is 1.32 bits per heavy atom. The maximum absolute atomic E-state index is 2.50. The normalized spacial score (nSPS) is 19.1. The zero-order valence-corrected chi connectivity index (χ0v) is 17.7. The first-order valence-electron chi connectivity index (χ1n) is 9.86. The summed E-state index contributed by atoms with van der Waals surface area (Å²) in [6.45, 7) is 26.8. The van der Waals surface area contributed by atoms with Crippen LogP contribution in [0.4, 0.5) is 0 Å². The van der Waals surface area contributed by atoms with E-state index in [1.807, 2.05) is 0 Å². The molecule has 0 nitrogen and oxygen atoms in total. The van der Waals surface area contributed by atoms with Crippen molar-refractivity contribution >= 4 is 0 Å². The summed E-state index contributed by atoms with van der Waals surface area (Å²) in [5.41, 5.74) is 0.742. The van der Waals surface area contributed by atoms with Gasteiger partial charge in [-0.15, -0.1) is 0 Å². The van der Waals surface area contributed by atoms with Crippen LogP contribution in [0, 0.1) is 40.4 Å². The van der Waals surface area contributed by atoms with Crippen LogP contribution in [0.2, 0.25) is 0 Å². The molecule has 4 unspecified atom stereocenters. The average Bonchev–Trinajstić information content (AvgIpc) is 2.39. The van der Waals surface area contributed by atoms with E-state index in [1.165, 1.54) is 25.7 Å². The summed E-state index contributed by atoms with van der Waals surface area (Å²) in [6, 6.07) is 0. The van der Waals surface area contributed by atoms with Crippen molar-refractivity contribution in [2.75, 3.05) is 0 Å². The standard InChI is InChI=1S/C22H46/c1-12-13-14-20(18(5)16(2)3)15-17(4)19(6)22(10,11)21(7,8)9/h16-20H,12-15H2,1-11H3. The molecule has 134 valence electrons. The van der Waals surface area contributed by atoms with Gasteiger partial charge in [0.05, 0.1) is 0 Å². The van der Waals surface area contributed by atoms with Crippen molar-refractivity contribution in [3.63, 3.8) is 0 Å². The largest absolute Gasteiger partial charge is 0.0654 e. The molecule has 0 heterocycles. The van der Waals surface area contributed by atoms with Crippen molar-refractivity contribution in [3.8, 4) is 0 Å². The molecule has 0 heteroatoms. The maximum Gasteiger partial charge on any atom is -0.0277 e. The molecule has 0 radical (unpaired) electrons. The summed E-state index contributed by atoms with van der Waals surface area (Å²) < 4.78 is 0. The summed E-state index contributed by atoms with van der Waals surface area (Å²) in [6.07, 6.45) is 5.55. The lowest BCUT2D eigenvalue weighted by Crippen LogP contribution is -2.39. The van der Waals surface area contributed by atoms with Gasteiger partial charge in [0.15, 0.2) is 0 Å². The quantitative estimate of drug-likeness (QED) is 0.407. The molecular formula is C22H46. The first-order valence-corrected chi connectivity index (χ1v) is 9.86. The number of hydrogen-bond donors (Lipinski definition) is 0. The highest BCUT2D eigenvalue weighted by molar-refractivity contribution is 4.89. The van der Waals surface area contributed by atoms with E-state index in [-0.39, 0.29) is 0 Å². The second-order valence-corrected chi connectivity index (χ2v) is 9.98. The fraction of sp³-hybridized carbons (Fsp3) is 1.00. The van der Waals surface area contributed by atoms with E-state index < -0.39 is 0 Å². The molecule has 0 N–H and O–H groups in total. The average molecular weight is 311 g/mol. The van der Waals surface area contributed by atoms with Crippen molar-refractivity contribution < 1.29 is 0 Å². The van der Waals surface area contributed by atoms with Gasteiger partial charge in [-0.3, -0.25) is 0 Å². The molecule has 0 saturated heterocycles. The topological polar surface area (TPSA) is 0 Å². The molecule has 0 spiro atoms. The number of rotatable bonds is 9. The van der Waals surface area contributed by atoms with E-state index in [9.17, 15) is 0 Å². The lowest BCUT2D eigenvalue weighted by atomic mass is 9.58. The monoisotopic (exact) mass is 310 g/mol. The molecular weight excluding hydrogens is 264 g/mol. The van der Waals surface area contributed by atoms with Gasteiger partial charge in [0.2, 0.25) is 0 Å². The van der Waals surface area contributed by atoms with Crippen molar-refractivity contribution in [2.45, 2.75) is 102 Å². The van der Waals surface area contributed by atoms with Crippen LogP contribution in [0.1, 0.15) is 102 Å². The lowest BCUT2D eigenvalue weighted by molar-refractivity contribution is 0.0231. The van der Waals surface area contributed by atoms with Crippen LogP contribution >= 0.6 is 0 Å². The Kier molecular flexibility index (Phi) is 8.74. The predicted octanol–water partition coefficient (Wildman–Crippen LogP) is 7.82. The van der Waals surface area contributed by atoms with Crippen molar-refractivity contribution in [2.24, 2.45) is 40.4 Å². The van der Waals surface area contributed by atoms with Gasteiger partial charge in [-0.2, -0.15) is 0 Å². The molecule has 0 aliphatic rings. The van der Waals surface area contributed by atoms with E-state index in [2.05, 4.69) is 76.2 Å². The zero-order valence-electron chi connectivity index (χ0n) is 17.7. The molecule has 0 saturated carbocycles. The molecule has 0 fully saturated rings. The summed E-state index contributed by atoms with van der Waals surface area (Å²) in [5.74, 6) is 4.11. The van der Waals surface area contributed by atoms with Crippen LogP contribution in [-0.4, -0.2) is 0 Å². The van der Waals surface area contributed by atoms with E-state index in [0.717, 1.165) is 29.6 Å². The highest BCUT2D eigenvalue weighted by Crippen LogP contribution is 2.48. The second kappa shape index (κ2) is 8.74. The van der Waals surface area contributed by atoms with Crippen LogP contribution in [-0.2, 0) is 0 Å². The fourth-order valence-corrected chi connectivity index (χ4v) is 3.68. The number of hydrogen-bond acceptors (Lipinski definition) is 0. The van der Waals surface area contributed by atoms with Gasteiger partial charge < -0.3 is 0 Å². The van der Waals surface area contributed by atoms with Gasteiger partial charge >= 0.3 is 0 Å². The molecule has 22 heavy (non-hydrogen) atoms. The Bertz CT molecular complexity index is 292. The van der Waals surface area contributed by atoms with Crippen LogP contribution in [0.5, 0.6) is 0 Å². The van der Waals surface area contributed by atoms with Crippen molar-refractivity contribution in [1.29, 1.82) is 0 Å². The molecule has 0 aromatic heterocycles. The van der Waals surface area contributed by atoms with E-state index in [0.29, 0.717) is 10.8 Å². The van der Waals surface area contributed by atoms with Crippen LogP contribution in [0.25, 0.3) is 0 Å². The third kappa shape index (κ3) is 5.89. The third-order valence-electron chi connectivity index (χ3n) is 7.32. The second-order valence-electron chi connectivity index (χ2n) is 9.98. The van der Waals surface area contributed by atoms with Gasteiger partial charge in [-0.25, -0.2) is 0 Å². The van der Waals surface area contributed by atoms with Gasteiger partial charge in [-0.1, -0.05) is 95.4 Å². The van der Waals surface area contributed by atoms with Crippen molar-refractivity contribution in [3.05, 3.63) is 0 Å². The Balaban J connectivity index is 4.97. The minimum absolute atomic E-state index is 0.364. The summed E-state index contributed by atoms with van der Waals surface area (Å²) in [7, 11) is 0. The Hall–Kier alpha value is 0. The molecule has 0 aromatic rings. The Labute approximate surface area is 142 Å². The highest BCUT2D eigenvalue weighted by atomic mass is 14.5. The minimum Gasteiger partial charge on any atom is -0.0654 e. The van der Waals surface area contributed by atoms with Gasteiger partial charge in [-0.05, 0) is 46.8 Å². The molecule has 0 aromatic carbocycles. The summed E-state index contributed by atoms with van der Waals surface area (Å²) >= 11 is 0. The van der Waals surface area contributed by atoms with Gasteiger partial charge in [0.25, 0.3) is 0 Å². The molecule has 0 aliphatic heterocycles. The Morgan fingerprint density at radius 1 is 0.818 bits per heavy atom. The predicted molar refractivity (Wildman–Crippen MR) is 103 cm³/mol. The maximum atomic E-state index is 2.50. The molecule has 4 atom stereocenters. The van der Waals surface area contributed by atoms with Crippen molar-refractivity contribution in [1.82, 2.24) is 0 Å². The van der Waals surface area contributed by atoms with E-state index >= 15 is 0 Å². The van der Waals surface area contributed by atoms with Gasteiger partial charge in [0, 0.05) is 0 Å². The van der Waals surface area contributed by atoms with E-state index in [4.69, 9.17) is 0 Å². The SMILES string of the molecule is CCCCC(CC(C)C(C)C(C)(C)C(C)(C)C)C(C)C(C)C. The Morgan fingerprint density at radius 3 is 1.68 bits per heavy atom.